The van der Waals surface area contributed by atoms with Crippen LogP contribution in [0.3, 0.4) is 0 Å². The summed E-state index contributed by atoms with van der Waals surface area (Å²) < 4.78 is 2.50. The molecule has 0 bridgehead atoms. The zero-order valence-corrected chi connectivity index (χ0v) is 30.9. The molecule has 0 aliphatic heterocycles. The maximum absolute atomic E-state index is 2.57. The van der Waals surface area contributed by atoms with Crippen molar-refractivity contribution in [2.45, 2.75) is 44.4 Å². The van der Waals surface area contributed by atoms with E-state index in [0.717, 1.165) is 38.5 Å². The Labute approximate surface area is 322 Å². The van der Waals surface area contributed by atoms with Gasteiger partial charge in [-0.15, -0.1) is 0 Å². The summed E-state index contributed by atoms with van der Waals surface area (Å²) in [6.45, 7) is 0. The summed E-state index contributed by atoms with van der Waals surface area (Å²) in [7, 11) is 0. The average molecular weight is 704 g/mol. The summed E-state index contributed by atoms with van der Waals surface area (Å²) in [5, 5.41) is 5.36. The number of allylic oxidation sites excluding steroid dienone is 10. The minimum Gasteiger partial charge on any atom is -0.309 e. The van der Waals surface area contributed by atoms with Gasteiger partial charge < -0.3 is 4.57 Å². The van der Waals surface area contributed by atoms with E-state index >= 15 is 0 Å². The van der Waals surface area contributed by atoms with Crippen LogP contribution in [0.5, 0.6) is 0 Å². The molecule has 0 saturated heterocycles. The molecule has 55 heavy (non-hydrogen) atoms. The van der Waals surface area contributed by atoms with Crippen LogP contribution < -0.4 is 0 Å². The number of nitrogens with zero attached hydrogens (tertiary/aromatic N) is 1. The summed E-state index contributed by atoms with van der Waals surface area (Å²) in [5.41, 5.74) is 21.0. The SMILES string of the molecule is C1=CC2C3=C(CCC(c4cc(-c5ccc6c7c(c8c(c6c5)C=CCC8)CCC=C7)cc(-n5c6ccccc6c6ccccc65)c4)=C3)c3ccccc3C2C=C1. The first kappa shape index (κ1) is 31.2. The van der Waals surface area contributed by atoms with Gasteiger partial charge >= 0.3 is 0 Å². The molecule has 1 nitrogen and oxygen atoms in total. The minimum atomic E-state index is 0.366. The highest BCUT2D eigenvalue weighted by atomic mass is 15.0. The third-order valence-corrected chi connectivity index (χ3v) is 13.2. The average Bonchev–Trinajstić information content (AvgIpc) is 3.60. The number of aromatic nitrogens is 1. The molecular formula is C54H41N. The number of rotatable bonds is 3. The molecule has 1 heteroatoms. The number of fused-ring (bicyclic) bond motifs is 14. The maximum Gasteiger partial charge on any atom is 0.0541 e. The zero-order chi connectivity index (χ0) is 36.0. The first-order chi connectivity index (χ1) is 27.3. The fourth-order valence-corrected chi connectivity index (χ4v) is 10.8. The molecule has 6 aromatic carbocycles. The molecule has 0 N–H and O–H groups in total. The lowest BCUT2D eigenvalue weighted by atomic mass is 9.67. The van der Waals surface area contributed by atoms with Crippen LogP contribution in [0.4, 0.5) is 0 Å². The van der Waals surface area contributed by atoms with Gasteiger partial charge in [0.05, 0.1) is 11.0 Å². The van der Waals surface area contributed by atoms with E-state index in [0.29, 0.717) is 11.8 Å². The molecule has 1 aromatic heterocycles. The van der Waals surface area contributed by atoms with E-state index < -0.39 is 0 Å². The van der Waals surface area contributed by atoms with Gasteiger partial charge in [-0.3, -0.25) is 0 Å². The number of hydrogen-bond acceptors (Lipinski definition) is 0. The van der Waals surface area contributed by atoms with Crippen LogP contribution in [-0.2, 0) is 12.8 Å². The lowest BCUT2D eigenvalue weighted by Gasteiger charge is -2.37. The molecule has 0 fully saturated rings. The second kappa shape index (κ2) is 12.2. The Hall–Kier alpha value is -6.18. The van der Waals surface area contributed by atoms with Crippen LogP contribution in [0.1, 0.15) is 70.5 Å². The van der Waals surface area contributed by atoms with Crippen LogP contribution in [-0.4, -0.2) is 4.57 Å². The second-order valence-corrected chi connectivity index (χ2v) is 16.1. The number of para-hydroxylation sites is 2. The molecular weight excluding hydrogens is 663 g/mol. The molecule has 0 amide bonds. The fraction of sp³-hybridized carbons (Fsp3) is 0.148. The van der Waals surface area contributed by atoms with Gasteiger partial charge in [0.15, 0.2) is 0 Å². The molecule has 0 saturated carbocycles. The van der Waals surface area contributed by atoms with Crippen molar-refractivity contribution in [1.82, 2.24) is 4.57 Å². The molecule has 0 spiro atoms. The van der Waals surface area contributed by atoms with Crippen molar-refractivity contribution in [3.63, 3.8) is 0 Å². The number of hydrogen-bond donors (Lipinski definition) is 0. The van der Waals surface area contributed by atoms with Crippen molar-refractivity contribution in [3.8, 4) is 16.8 Å². The largest absolute Gasteiger partial charge is 0.309 e. The van der Waals surface area contributed by atoms with E-state index in [9.17, 15) is 0 Å². The van der Waals surface area contributed by atoms with Gasteiger partial charge in [-0.25, -0.2) is 0 Å². The predicted molar refractivity (Wildman–Crippen MR) is 234 cm³/mol. The highest BCUT2D eigenvalue weighted by Gasteiger charge is 2.34. The normalized spacial score (nSPS) is 19.3. The summed E-state index contributed by atoms with van der Waals surface area (Å²) >= 11 is 0. The van der Waals surface area contributed by atoms with Crippen molar-refractivity contribution < 1.29 is 0 Å². The van der Waals surface area contributed by atoms with Gasteiger partial charge in [-0.2, -0.15) is 0 Å². The summed E-state index contributed by atoms with van der Waals surface area (Å²) in [5.74, 6) is 0.748. The van der Waals surface area contributed by atoms with Gasteiger partial charge in [-0.1, -0.05) is 127 Å². The van der Waals surface area contributed by atoms with Crippen molar-refractivity contribution in [2.75, 3.05) is 0 Å². The Morgan fingerprint density at radius 3 is 1.96 bits per heavy atom. The molecule has 7 aromatic rings. The first-order valence-electron chi connectivity index (χ1n) is 20.3. The van der Waals surface area contributed by atoms with Crippen molar-refractivity contribution in [2.24, 2.45) is 5.92 Å². The topological polar surface area (TPSA) is 4.93 Å². The smallest absolute Gasteiger partial charge is 0.0541 e. The van der Waals surface area contributed by atoms with Crippen molar-refractivity contribution in [3.05, 3.63) is 196 Å². The summed E-state index contributed by atoms with van der Waals surface area (Å²) in [6, 6.07) is 41.6. The highest BCUT2D eigenvalue weighted by Crippen LogP contribution is 2.51. The van der Waals surface area contributed by atoms with Crippen LogP contribution in [0.25, 0.3) is 72.7 Å². The quantitative estimate of drug-likeness (QED) is 0.173. The first-order valence-corrected chi connectivity index (χ1v) is 20.3. The zero-order valence-electron chi connectivity index (χ0n) is 30.9. The standard InChI is InChI=1S/C54H41N/c1-3-17-43-39(13-1)41-15-5-7-19-45(41)51-32-34(25-27-47(43)51)36-29-37(31-38(30-36)55-53-23-11-9-21-49(53)50-22-10-12-24-54(50)55)35-26-28-48-44-18-4-2-14-40(44)42-16-6-8-20-46(42)52(48)33-35/h1,3-5,7-13,15,17-24,26,28-33,41,45H,2,6,14,16,25,27H2. The fourth-order valence-electron chi connectivity index (χ4n) is 10.8. The number of benzene rings is 6. The van der Waals surface area contributed by atoms with Crippen LogP contribution in [0, 0.1) is 5.92 Å². The lowest BCUT2D eigenvalue weighted by Crippen LogP contribution is -2.21. The summed E-state index contributed by atoms with van der Waals surface area (Å²) in [6.07, 6.45) is 28.1. The van der Waals surface area contributed by atoms with E-state index in [-0.39, 0.29) is 0 Å². The van der Waals surface area contributed by atoms with Crippen LogP contribution in [0.2, 0.25) is 0 Å². The van der Waals surface area contributed by atoms with Gasteiger partial charge in [0.25, 0.3) is 0 Å². The molecule has 1 heterocycles. The third kappa shape index (κ3) is 4.72. The van der Waals surface area contributed by atoms with Crippen LogP contribution in [0.15, 0.2) is 157 Å². The highest BCUT2D eigenvalue weighted by molar-refractivity contribution is 6.09. The van der Waals surface area contributed by atoms with E-state index in [4.69, 9.17) is 0 Å². The Kier molecular flexibility index (Phi) is 6.90. The third-order valence-electron chi connectivity index (χ3n) is 13.2. The van der Waals surface area contributed by atoms with Gasteiger partial charge in [0.2, 0.25) is 0 Å². The van der Waals surface area contributed by atoms with Crippen molar-refractivity contribution in [1.29, 1.82) is 0 Å². The van der Waals surface area contributed by atoms with E-state index in [1.54, 1.807) is 11.1 Å². The second-order valence-electron chi connectivity index (χ2n) is 16.1. The molecule has 2 atom stereocenters. The monoisotopic (exact) mass is 703 g/mol. The minimum absolute atomic E-state index is 0.366. The molecule has 262 valence electrons. The van der Waals surface area contributed by atoms with Gasteiger partial charge in [-0.05, 0) is 152 Å². The van der Waals surface area contributed by atoms with E-state index in [1.165, 1.54) is 93.9 Å². The Balaban J connectivity index is 1.10. The molecule has 0 radical (unpaired) electrons. The van der Waals surface area contributed by atoms with Gasteiger partial charge in [0.1, 0.15) is 0 Å². The molecule has 12 rings (SSSR count). The molecule has 5 aliphatic rings. The van der Waals surface area contributed by atoms with E-state index in [1.807, 2.05) is 0 Å². The van der Waals surface area contributed by atoms with E-state index in [2.05, 4.69) is 168 Å². The Bertz CT molecular complexity index is 2930. The molecule has 2 unspecified atom stereocenters. The van der Waals surface area contributed by atoms with Crippen molar-refractivity contribution >= 4 is 55.9 Å². The Morgan fingerprint density at radius 1 is 0.509 bits per heavy atom. The molecule has 5 aliphatic carbocycles. The lowest BCUT2D eigenvalue weighted by molar-refractivity contribution is 0.657. The Morgan fingerprint density at radius 2 is 1.18 bits per heavy atom. The maximum atomic E-state index is 2.57. The summed E-state index contributed by atoms with van der Waals surface area (Å²) in [4.78, 5) is 0. The predicted octanol–water partition coefficient (Wildman–Crippen LogP) is 14.0. The van der Waals surface area contributed by atoms with Crippen LogP contribution >= 0.6 is 0 Å². The van der Waals surface area contributed by atoms with Gasteiger partial charge in [0, 0.05) is 28.3 Å².